The van der Waals surface area contributed by atoms with Crippen molar-refractivity contribution in [2.75, 3.05) is 0 Å². The molecule has 4 fully saturated rings. The Bertz CT molecular complexity index is 903. The number of pyridine rings is 1. The number of hydrogen-bond acceptors (Lipinski definition) is 2. The molecule has 122 valence electrons. The van der Waals surface area contributed by atoms with E-state index < -0.39 is 0 Å². The smallest absolute Gasteiger partial charge is 0.0978 e. The van der Waals surface area contributed by atoms with Crippen LogP contribution in [0, 0.1) is 23.2 Å². The van der Waals surface area contributed by atoms with E-state index in [0.29, 0.717) is 5.41 Å². The molecule has 4 saturated carbocycles. The summed E-state index contributed by atoms with van der Waals surface area (Å²) in [5.74, 6) is 3.03. The van der Waals surface area contributed by atoms with Crippen molar-refractivity contribution in [3.8, 4) is 0 Å². The summed E-state index contributed by atoms with van der Waals surface area (Å²) in [6.07, 6.45) is 12.8. The van der Waals surface area contributed by atoms with Crippen molar-refractivity contribution in [1.29, 1.82) is 0 Å². The van der Waals surface area contributed by atoms with Gasteiger partial charge in [-0.2, -0.15) is 0 Å². The van der Waals surface area contributed by atoms with E-state index in [-0.39, 0.29) is 0 Å². The average molecular weight is 317 g/mol. The van der Waals surface area contributed by atoms with E-state index in [1.54, 1.807) is 0 Å². The Morgan fingerprint density at radius 1 is 0.958 bits per heavy atom. The van der Waals surface area contributed by atoms with E-state index in [9.17, 15) is 0 Å². The second-order valence-electron chi connectivity index (χ2n) is 8.79. The SMILES string of the molecule is c1cnc2ccc3c(ncn3CC34CC5CC(CC(C5)C3)C4)c2c1. The molecular formula is C21H23N3. The number of benzene rings is 1. The average Bonchev–Trinajstić information content (AvgIpc) is 2.96. The van der Waals surface area contributed by atoms with Gasteiger partial charge in [-0.15, -0.1) is 0 Å². The molecule has 4 aliphatic carbocycles. The van der Waals surface area contributed by atoms with E-state index >= 15 is 0 Å². The molecule has 0 atom stereocenters. The van der Waals surface area contributed by atoms with Crippen LogP contribution in [0.5, 0.6) is 0 Å². The molecule has 0 aliphatic heterocycles. The van der Waals surface area contributed by atoms with Gasteiger partial charge in [0.2, 0.25) is 0 Å². The maximum Gasteiger partial charge on any atom is 0.0978 e. The largest absolute Gasteiger partial charge is 0.330 e. The minimum Gasteiger partial charge on any atom is -0.330 e. The number of imidazole rings is 1. The maximum absolute atomic E-state index is 4.77. The van der Waals surface area contributed by atoms with E-state index in [2.05, 4.69) is 34.1 Å². The molecular weight excluding hydrogens is 294 g/mol. The van der Waals surface area contributed by atoms with Gasteiger partial charge in [0.15, 0.2) is 0 Å². The second-order valence-corrected chi connectivity index (χ2v) is 8.79. The third-order valence-corrected chi connectivity index (χ3v) is 7.04. The molecule has 1 aromatic carbocycles. The monoisotopic (exact) mass is 317 g/mol. The van der Waals surface area contributed by atoms with Gasteiger partial charge in [0.05, 0.1) is 22.9 Å². The molecule has 4 bridgehead atoms. The fourth-order valence-corrected chi connectivity index (χ4v) is 6.65. The predicted octanol–water partition coefficient (Wildman–Crippen LogP) is 4.80. The molecule has 4 aliphatic rings. The van der Waals surface area contributed by atoms with Gasteiger partial charge in [0, 0.05) is 18.1 Å². The highest BCUT2D eigenvalue weighted by molar-refractivity contribution is 6.02. The molecule has 0 amide bonds. The normalized spacial score (nSPS) is 34.4. The van der Waals surface area contributed by atoms with Crippen LogP contribution in [0.15, 0.2) is 36.8 Å². The first-order chi connectivity index (χ1) is 11.8. The Morgan fingerprint density at radius 2 is 1.71 bits per heavy atom. The van der Waals surface area contributed by atoms with Crippen LogP contribution in [0.2, 0.25) is 0 Å². The van der Waals surface area contributed by atoms with Gasteiger partial charge >= 0.3 is 0 Å². The number of fused-ring (bicyclic) bond motifs is 3. The summed E-state index contributed by atoms with van der Waals surface area (Å²) in [6.45, 7) is 1.17. The van der Waals surface area contributed by atoms with E-state index in [4.69, 9.17) is 4.98 Å². The van der Waals surface area contributed by atoms with Crippen molar-refractivity contribution in [2.45, 2.75) is 45.1 Å². The summed E-state index contributed by atoms with van der Waals surface area (Å²) in [5.41, 5.74) is 3.99. The minimum atomic E-state index is 0.548. The summed E-state index contributed by atoms with van der Waals surface area (Å²) in [7, 11) is 0. The third-order valence-electron chi connectivity index (χ3n) is 7.04. The molecule has 0 N–H and O–H groups in total. The summed E-state index contributed by atoms with van der Waals surface area (Å²) < 4.78 is 2.44. The minimum absolute atomic E-state index is 0.548. The summed E-state index contributed by atoms with van der Waals surface area (Å²) >= 11 is 0. The molecule has 3 heteroatoms. The predicted molar refractivity (Wildman–Crippen MR) is 95.6 cm³/mol. The van der Waals surface area contributed by atoms with Gasteiger partial charge in [-0.25, -0.2) is 4.98 Å². The number of hydrogen-bond donors (Lipinski definition) is 0. The molecule has 0 spiro atoms. The molecule has 7 rings (SSSR count). The Morgan fingerprint density at radius 3 is 2.46 bits per heavy atom. The lowest BCUT2D eigenvalue weighted by Gasteiger charge is -2.57. The lowest BCUT2D eigenvalue weighted by molar-refractivity contribution is -0.0613. The Hall–Kier alpha value is -1.90. The number of nitrogens with zero attached hydrogens (tertiary/aromatic N) is 3. The third kappa shape index (κ3) is 1.84. The highest BCUT2D eigenvalue weighted by Gasteiger charge is 2.50. The van der Waals surface area contributed by atoms with Crippen molar-refractivity contribution in [3.05, 3.63) is 36.8 Å². The van der Waals surface area contributed by atoms with Gasteiger partial charge in [-0.3, -0.25) is 4.98 Å². The van der Waals surface area contributed by atoms with Crippen LogP contribution in [0.4, 0.5) is 0 Å². The van der Waals surface area contributed by atoms with E-state index in [1.807, 2.05) is 12.3 Å². The summed E-state index contributed by atoms with van der Waals surface area (Å²) in [4.78, 5) is 9.24. The van der Waals surface area contributed by atoms with E-state index in [0.717, 1.165) is 28.8 Å². The first-order valence-electron chi connectivity index (χ1n) is 9.47. The summed E-state index contributed by atoms with van der Waals surface area (Å²) in [5, 5.41) is 1.18. The standard InChI is InChI=1S/C21H23N3/c1-2-17-18(22-5-1)3-4-19-20(17)23-13-24(19)12-21-9-14-6-15(10-21)8-16(7-14)11-21/h1-5,13-16H,6-12H2. The maximum atomic E-state index is 4.77. The molecule has 2 heterocycles. The zero-order valence-corrected chi connectivity index (χ0v) is 14.0. The van der Waals surface area contributed by atoms with Crippen molar-refractivity contribution in [1.82, 2.24) is 14.5 Å². The molecule has 0 unspecified atom stereocenters. The zero-order chi connectivity index (χ0) is 15.7. The zero-order valence-electron chi connectivity index (χ0n) is 14.0. The van der Waals surface area contributed by atoms with Gasteiger partial charge in [0.1, 0.15) is 0 Å². The first-order valence-corrected chi connectivity index (χ1v) is 9.47. The fourth-order valence-electron chi connectivity index (χ4n) is 6.65. The van der Waals surface area contributed by atoms with Crippen molar-refractivity contribution >= 4 is 21.9 Å². The number of aromatic nitrogens is 3. The van der Waals surface area contributed by atoms with Crippen LogP contribution in [0.3, 0.4) is 0 Å². The van der Waals surface area contributed by atoms with Crippen molar-refractivity contribution in [2.24, 2.45) is 23.2 Å². The van der Waals surface area contributed by atoms with Gasteiger partial charge in [-0.05, 0) is 86.0 Å². The van der Waals surface area contributed by atoms with Crippen LogP contribution in [-0.4, -0.2) is 14.5 Å². The number of rotatable bonds is 2. The lowest BCUT2D eigenvalue weighted by atomic mass is 9.49. The van der Waals surface area contributed by atoms with Crippen LogP contribution < -0.4 is 0 Å². The first kappa shape index (κ1) is 13.4. The Labute approximate surface area is 142 Å². The van der Waals surface area contributed by atoms with Crippen LogP contribution in [0.1, 0.15) is 38.5 Å². The molecule has 24 heavy (non-hydrogen) atoms. The molecule has 0 saturated heterocycles. The van der Waals surface area contributed by atoms with Gasteiger partial charge in [0.25, 0.3) is 0 Å². The quantitative estimate of drug-likeness (QED) is 0.679. The summed E-state index contributed by atoms with van der Waals surface area (Å²) in [6, 6.07) is 8.53. The van der Waals surface area contributed by atoms with Gasteiger partial charge < -0.3 is 4.57 Å². The van der Waals surface area contributed by atoms with Crippen molar-refractivity contribution < 1.29 is 0 Å². The Kier molecular flexibility index (Phi) is 2.56. The molecule has 3 aromatic rings. The van der Waals surface area contributed by atoms with Gasteiger partial charge in [-0.1, -0.05) is 0 Å². The van der Waals surface area contributed by atoms with Crippen LogP contribution in [-0.2, 0) is 6.54 Å². The molecule has 0 radical (unpaired) electrons. The lowest BCUT2D eigenvalue weighted by Crippen LogP contribution is -2.47. The Balaban J connectivity index is 1.43. The second kappa shape index (κ2) is 4.59. The van der Waals surface area contributed by atoms with Crippen LogP contribution >= 0.6 is 0 Å². The molecule has 3 nitrogen and oxygen atoms in total. The molecule has 2 aromatic heterocycles. The van der Waals surface area contributed by atoms with Crippen molar-refractivity contribution in [3.63, 3.8) is 0 Å². The topological polar surface area (TPSA) is 30.7 Å². The van der Waals surface area contributed by atoms with Crippen LogP contribution in [0.25, 0.3) is 21.9 Å². The fraction of sp³-hybridized carbons (Fsp3) is 0.524. The van der Waals surface area contributed by atoms with E-state index in [1.165, 1.54) is 56.0 Å². The highest BCUT2D eigenvalue weighted by atomic mass is 15.1. The highest BCUT2D eigenvalue weighted by Crippen LogP contribution is 2.60.